The summed E-state index contributed by atoms with van der Waals surface area (Å²) < 4.78 is 23.7. The highest BCUT2D eigenvalue weighted by molar-refractivity contribution is 5.99. The lowest BCUT2D eigenvalue weighted by molar-refractivity contribution is -0.997. The molecule has 1 spiro atoms. The van der Waals surface area contributed by atoms with Crippen LogP contribution in [-0.2, 0) is 11.3 Å². The number of rotatable bonds is 5. The highest BCUT2D eigenvalue weighted by atomic mass is 16.5. The maximum atomic E-state index is 8.63. The molecule has 0 bridgehead atoms. The van der Waals surface area contributed by atoms with Crippen LogP contribution in [0, 0.1) is 0 Å². The van der Waals surface area contributed by atoms with E-state index in [-0.39, 0.29) is 5.41 Å². The molecule has 5 heterocycles. The van der Waals surface area contributed by atoms with Gasteiger partial charge in [-0.1, -0.05) is 144 Å². The lowest BCUT2D eigenvalue weighted by atomic mass is 9.85. The third kappa shape index (κ3) is 4.85. The molecule has 0 N–H and O–H groups in total. The average molecular weight is 777 g/mol. The van der Waals surface area contributed by atoms with Gasteiger partial charge < -0.3 is 4.74 Å². The van der Waals surface area contributed by atoms with Crippen molar-refractivity contribution >= 4 is 11.0 Å². The Morgan fingerprint density at radius 1 is 0.583 bits per heavy atom. The second kappa shape index (κ2) is 12.5. The zero-order chi connectivity index (χ0) is 41.4. The first kappa shape index (κ1) is 33.9. The molecule has 288 valence electrons. The van der Waals surface area contributed by atoms with E-state index in [1.165, 1.54) is 33.4 Å². The van der Waals surface area contributed by atoms with Crippen molar-refractivity contribution in [3.8, 4) is 78.6 Å². The van der Waals surface area contributed by atoms with E-state index < -0.39 is 11.7 Å². The fourth-order valence-electron chi connectivity index (χ4n) is 9.98. The summed E-state index contributed by atoms with van der Waals surface area (Å²) in [6.07, 6.45) is 2.23. The van der Waals surface area contributed by atoms with Gasteiger partial charge in [0.1, 0.15) is 22.6 Å². The Morgan fingerprint density at radius 2 is 1.23 bits per heavy atom. The van der Waals surface area contributed by atoms with Gasteiger partial charge in [0, 0.05) is 24.6 Å². The molecule has 60 heavy (non-hydrogen) atoms. The number of nitrogens with zero attached hydrogens (tertiary/aromatic N) is 3. The molecule has 2 aromatic heterocycles. The van der Waals surface area contributed by atoms with E-state index in [4.69, 9.17) is 6.11 Å². The smallest absolute Gasteiger partial charge is 0.392 e. The van der Waals surface area contributed by atoms with Crippen molar-refractivity contribution in [3.63, 3.8) is 0 Å². The first-order chi connectivity index (χ1) is 29.5. The van der Waals surface area contributed by atoms with E-state index in [9.17, 15) is 0 Å². The molecule has 3 aliphatic heterocycles. The number of hydrogen-bond donors (Lipinski definition) is 0. The summed E-state index contributed by atoms with van der Waals surface area (Å²) in [5, 5.41) is 0. The maximum absolute atomic E-state index is 8.63. The zero-order valence-corrected chi connectivity index (χ0v) is 34.5. The minimum Gasteiger partial charge on any atom is -0.392 e. The number of para-hydroxylation sites is 2. The molecule has 0 amide bonds. The second-order valence-corrected chi connectivity index (χ2v) is 17.8. The first-order valence-corrected chi connectivity index (χ1v) is 21.0. The number of aromatic nitrogens is 3. The fraction of sp³-hybridized carbons (Fsp3) is 0.143. The van der Waals surface area contributed by atoms with Crippen LogP contribution in [0.15, 0.2) is 176 Å². The van der Waals surface area contributed by atoms with Crippen LogP contribution in [0.1, 0.15) is 58.6 Å². The first-order valence-electron chi connectivity index (χ1n) is 21.5. The Bertz CT molecular complexity index is 3280. The average Bonchev–Trinajstić information content (AvgIpc) is 3.77. The Morgan fingerprint density at radius 3 is 1.95 bits per heavy atom. The lowest BCUT2D eigenvalue weighted by Gasteiger charge is -2.32. The van der Waals surface area contributed by atoms with Crippen LogP contribution in [0.3, 0.4) is 0 Å². The molecule has 0 fully saturated rings. The van der Waals surface area contributed by atoms with Gasteiger partial charge in [-0.25, -0.2) is 0 Å². The van der Waals surface area contributed by atoms with E-state index >= 15 is 0 Å². The van der Waals surface area contributed by atoms with E-state index in [2.05, 4.69) is 211 Å². The quantitative estimate of drug-likeness (QED) is 0.160. The van der Waals surface area contributed by atoms with Crippen molar-refractivity contribution in [2.45, 2.75) is 51.8 Å². The Hall–Kier alpha value is -7.04. The predicted octanol–water partition coefficient (Wildman–Crippen LogP) is 12.9. The molecule has 12 rings (SSSR count). The molecule has 4 nitrogen and oxygen atoms in total. The molecule has 3 aliphatic rings. The van der Waals surface area contributed by atoms with Gasteiger partial charge in [-0.2, -0.15) is 4.57 Å². The predicted molar refractivity (Wildman–Crippen MR) is 242 cm³/mol. The molecule has 1 atom stereocenters. The molecular formula is C56H45N3O+2. The van der Waals surface area contributed by atoms with Gasteiger partial charge >= 0.3 is 11.7 Å². The molecule has 0 radical (unpaired) electrons. The van der Waals surface area contributed by atoms with E-state index in [0.717, 1.165) is 72.9 Å². The number of hydrogen-bond acceptors (Lipinski definition) is 1. The normalized spacial score (nSPS) is 15.8. The lowest BCUT2D eigenvalue weighted by Crippen LogP contribution is -2.78. The fourth-order valence-corrected chi connectivity index (χ4v) is 9.98. The zero-order valence-electron chi connectivity index (χ0n) is 35.5. The van der Waals surface area contributed by atoms with E-state index in [0.29, 0.717) is 0 Å². The summed E-state index contributed by atoms with van der Waals surface area (Å²) >= 11 is 0. The van der Waals surface area contributed by atoms with Crippen molar-refractivity contribution in [1.29, 1.82) is 0 Å². The molecule has 9 aromatic rings. The number of imidazole rings is 1. The van der Waals surface area contributed by atoms with Crippen molar-refractivity contribution in [2.75, 3.05) is 0 Å². The third-order valence-electron chi connectivity index (χ3n) is 12.9. The van der Waals surface area contributed by atoms with Crippen molar-refractivity contribution < 1.29 is 15.2 Å². The molecule has 4 heteroatoms. The van der Waals surface area contributed by atoms with Gasteiger partial charge in [0.25, 0.3) is 0 Å². The standard InChI is InChI=1S/C56H45N3O/c1-35(2)36-23-25-39(26-24-36)40-27-28-57-50(33-40)48-32-42(38-17-10-7-11-18-38)31-47-45-20-14-21-49-53(45)59-54(46-19-12-13-22-51(46)60-56(57,59)52(47)48)58(49)44-30-41(37-15-8-6-9-16-37)29-43(34-44)55(3,4)5/h6-35H,1-5H3/q+2/i35D. The summed E-state index contributed by atoms with van der Waals surface area (Å²) in [7, 11) is 0. The minimum atomic E-state index is -1.06. The van der Waals surface area contributed by atoms with E-state index in [1.807, 2.05) is 13.8 Å². The minimum absolute atomic E-state index is 0.0915. The number of fused-ring (bicyclic) bond motifs is 5. The Balaban J connectivity index is 1.21. The molecular weight excluding hydrogens is 731 g/mol. The molecule has 0 saturated carbocycles. The van der Waals surface area contributed by atoms with Gasteiger partial charge in [-0.15, -0.1) is 9.13 Å². The Kier molecular flexibility index (Phi) is 7.05. The SMILES string of the molecule is [2H]C(C)(C)c1ccc(-c2cc[n+]3c(c2)-c2cc(-c4ccccc4)cc4c2C32Oc3ccccc3-c3n(-c5cc(-c6ccccc6)cc(C(C)(C)C)c5)c5cccc-4c5[n+]32)cc1. The Labute approximate surface area is 352 Å². The van der Waals surface area contributed by atoms with Crippen LogP contribution in [0.5, 0.6) is 5.75 Å². The van der Waals surface area contributed by atoms with Gasteiger partial charge in [-0.3, -0.25) is 0 Å². The highest BCUT2D eigenvalue weighted by Gasteiger charge is 2.68. The van der Waals surface area contributed by atoms with Crippen LogP contribution >= 0.6 is 0 Å². The van der Waals surface area contributed by atoms with Gasteiger partial charge in [0.05, 0.1) is 5.56 Å². The van der Waals surface area contributed by atoms with Gasteiger partial charge in [0.2, 0.25) is 5.69 Å². The van der Waals surface area contributed by atoms with Crippen molar-refractivity contribution in [2.24, 2.45) is 0 Å². The van der Waals surface area contributed by atoms with Crippen LogP contribution in [-0.4, -0.2) is 4.57 Å². The number of pyridine rings is 1. The van der Waals surface area contributed by atoms with Crippen LogP contribution < -0.4 is 13.9 Å². The largest absolute Gasteiger partial charge is 0.499 e. The summed E-state index contributed by atoms with van der Waals surface area (Å²) in [6, 6.07) is 61.8. The van der Waals surface area contributed by atoms with E-state index in [1.54, 1.807) is 0 Å². The number of benzene rings is 7. The topological polar surface area (TPSA) is 21.9 Å². The van der Waals surface area contributed by atoms with Crippen molar-refractivity contribution in [1.82, 2.24) is 4.57 Å². The monoisotopic (exact) mass is 776 g/mol. The van der Waals surface area contributed by atoms with Crippen LogP contribution in [0.25, 0.3) is 83.9 Å². The molecule has 1 unspecified atom stereocenters. The third-order valence-corrected chi connectivity index (χ3v) is 12.9. The maximum Gasteiger partial charge on any atom is 0.499 e. The summed E-state index contributed by atoms with van der Waals surface area (Å²) in [5.41, 5.74) is 19.3. The van der Waals surface area contributed by atoms with Crippen LogP contribution in [0.4, 0.5) is 0 Å². The second-order valence-electron chi connectivity index (χ2n) is 17.8. The van der Waals surface area contributed by atoms with Gasteiger partial charge in [-0.05, 0) is 104 Å². The molecule has 0 saturated heterocycles. The summed E-state index contributed by atoms with van der Waals surface area (Å²) in [6.45, 7) is 10.8. The highest BCUT2D eigenvalue weighted by Crippen LogP contribution is 2.54. The van der Waals surface area contributed by atoms with Crippen LogP contribution in [0.2, 0.25) is 0 Å². The van der Waals surface area contributed by atoms with Gasteiger partial charge in [0.15, 0.2) is 17.2 Å². The number of ether oxygens (including phenoxy) is 1. The molecule has 0 aliphatic carbocycles. The summed E-state index contributed by atoms with van der Waals surface area (Å²) in [4.78, 5) is 0. The van der Waals surface area contributed by atoms with Crippen molar-refractivity contribution in [3.05, 3.63) is 193 Å². The molecule has 7 aromatic carbocycles. The summed E-state index contributed by atoms with van der Waals surface area (Å²) in [5.74, 6) is 0.191.